The Morgan fingerprint density at radius 1 is 1.69 bits per heavy atom. The van der Waals surface area contributed by atoms with Gasteiger partial charge in [-0.05, 0) is 19.9 Å². The van der Waals surface area contributed by atoms with E-state index >= 15 is 0 Å². The van der Waals surface area contributed by atoms with Crippen LogP contribution >= 0.6 is 0 Å². The summed E-state index contributed by atoms with van der Waals surface area (Å²) in [6.45, 7) is 6.08. The Balaban J connectivity index is 2.40. The van der Waals surface area contributed by atoms with Crippen LogP contribution in [0.25, 0.3) is 0 Å². The molecule has 0 amide bonds. The molecule has 0 bridgehead atoms. The van der Waals surface area contributed by atoms with Crippen LogP contribution in [0.3, 0.4) is 0 Å². The number of nitrogens with one attached hydrogen (secondary N) is 1. The summed E-state index contributed by atoms with van der Waals surface area (Å²) >= 11 is 0. The molecule has 0 aromatic heterocycles. The molecule has 0 spiro atoms. The van der Waals surface area contributed by atoms with Gasteiger partial charge in [0.05, 0.1) is 12.7 Å². The summed E-state index contributed by atoms with van der Waals surface area (Å²) in [7, 11) is 0. The van der Waals surface area contributed by atoms with Crippen LogP contribution in [0.4, 0.5) is 0 Å². The summed E-state index contributed by atoms with van der Waals surface area (Å²) in [6, 6.07) is 0.444. The second-order valence-corrected chi connectivity index (χ2v) is 3.71. The largest absolute Gasteiger partial charge is 0.378 e. The zero-order chi connectivity index (χ0) is 9.68. The van der Waals surface area contributed by atoms with Crippen LogP contribution in [0.1, 0.15) is 26.7 Å². The van der Waals surface area contributed by atoms with E-state index in [2.05, 4.69) is 25.1 Å². The van der Waals surface area contributed by atoms with Gasteiger partial charge >= 0.3 is 0 Å². The van der Waals surface area contributed by atoms with Crippen molar-refractivity contribution in [2.45, 2.75) is 38.8 Å². The fourth-order valence-electron chi connectivity index (χ4n) is 1.93. The molecule has 0 radical (unpaired) electrons. The molecule has 2 nitrogen and oxygen atoms in total. The highest BCUT2D eigenvalue weighted by Gasteiger charge is 2.28. The number of terminal acetylenes is 1. The first-order chi connectivity index (χ1) is 6.27. The highest BCUT2D eigenvalue weighted by atomic mass is 16.5. The van der Waals surface area contributed by atoms with E-state index in [1.807, 2.05) is 0 Å². The molecular formula is C11H19NO. The molecule has 1 heterocycles. The number of hydrogen-bond donors (Lipinski definition) is 1. The molecule has 1 aliphatic heterocycles. The molecule has 0 aromatic rings. The van der Waals surface area contributed by atoms with E-state index in [0.29, 0.717) is 18.1 Å². The van der Waals surface area contributed by atoms with Crippen molar-refractivity contribution >= 4 is 0 Å². The monoisotopic (exact) mass is 181 g/mol. The molecule has 13 heavy (non-hydrogen) atoms. The fourth-order valence-corrected chi connectivity index (χ4v) is 1.93. The third-order valence-electron chi connectivity index (χ3n) is 2.60. The zero-order valence-electron chi connectivity index (χ0n) is 8.55. The lowest BCUT2D eigenvalue weighted by molar-refractivity contribution is 0.117. The van der Waals surface area contributed by atoms with E-state index in [9.17, 15) is 0 Å². The van der Waals surface area contributed by atoms with Gasteiger partial charge in [0.15, 0.2) is 0 Å². The third kappa shape index (κ3) is 3.02. The topological polar surface area (TPSA) is 21.3 Å². The first kappa shape index (κ1) is 10.6. The Kier molecular flexibility index (Phi) is 4.27. The molecule has 3 atom stereocenters. The lowest BCUT2D eigenvalue weighted by Crippen LogP contribution is -2.36. The summed E-state index contributed by atoms with van der Waals surface area (Å²) in [5.74, 6) is 3.33. The first-order valence-corrected chi connectivity index (χ1v) is 5.06. The standard InChI is InChI=1S/C11H19NO/c1-4-6-11(12-5-2)10-7-9(3)13-8-10/h1,9-12H,5-8H2,2-3H3. The lowest BCUT2D eigenvalue weighted by atomic mass is 9.94. The molecule has 1 N–H and O–H groups in total. The van der Waals surface area contributed by atoms with Crippen molar-refractivity contribution in [2.75, 3.05) is 13.2 Å². The quantitative estimate of drug-likeness (QED) is 0.662. The number of ether oxygens (including phenoxy) is 1. The molecule has 1 saturated heterocycles. The molecule has 0 saturated carbocycles. The Morgan fingerprint density at radius 3 is 2.92 bits per heavy atom. The second kappa shape index (κ2) is 5.26. The molecule has 74 valence electrons. The van der Waals surface area contributed by atoms with Gasteiger partial charge < -0.3 is 10.1 Å². The van der Waals surface area contributed by atoms with Gasteiger partial charge in [0.25, 0.3) is 0 Å². The van der Waals surface area contributed by atoms with Crippen molar-refractivity contribution in [3.05, 3.63) is 0 Å². The van der Waals surface area contributed by atoms with E-state index in [4.69, 9.17) is 11.2 Å². The normalized spacial score (nSPS) is 29.9. The molecule has 1 fully saturated rings. The van der Waals surface area contributed by atoms with Crippen LogP contribution in [-0.2, 0) is 4.74 Å². The van der Waals surface area contributed by atoms with Crippen molar-refractivity contribution in [3.63, 3.8) is 0 Å². The predicted octanol–water partition coefficient (Wildman–Crippen LogP) is 1.41. The summed E-state index contributed by atoms with van der Waals surface area (Å²) in [4.78, 5) is 0. The Hall–Kier alpha value is -0.520. The van der Waals surface area contributed by atoms with Crippen LogP contribution in [0.2, 0.25) is 0 Å². The van der Waals surface area contributed by atoms with E-state index in [1.54, 1.807) is 0 Å². The van der Waals surface area contributed by atoms with Crippen molar-refractivity contribution in [1.82, 2.24) is 5.32 Å². The Bertz CT molecular complexity index is 185. The molecule has 2 heteroatoms. The van der Waals surface area contributed by atoms with Gasteiger partial charge in [-0.1, -0.05) is 6.92 Å². The van der Waals surface area contributed by atoms with Gasteiger partial charge in [-0.3, -0.25) is 0 Å². The summed E-state index contributed by atoms with van der Waals surface area (Å²) < 4.78 is 5.53. The highest BCUT2D eigenvalue weighted by Crippen LogP contribution is 2.23. The Morgan fingerprint density at radius 2 is 2.46 bits per heavy atom. The second-order valence-electron chi connectivity index (χ2n) is 3.71. The van der Waals surface area contributed by atoms with Crippen molar-refractivity contribution < 1.29 is 4.74 Å². The van der Waals surface area contributed by atoms with Crippen LogP contribution in [0.15, 0.2) is 0 Å². The summed E-state index contributed by atoms with van der Waals surface area (Å²) in [5.41, 5.74) is 0. The SMILES string of the molecule is C#CCC(NCC)C1COC(C)C1. The Labute approximate surface area is 81.0 Å². The maximum absolute atomic E-state index is 5.53. The zero-order valence-corrected chi connectivity index (χ0v) is 8.55. The fraction of sp³-hybridized carbons (Fsp3) is 0.818. The van der Waals surface area contributed by atoms with Gasteiger partial charge in [-0.15, -0.1) is 12.3 Å². The first-order valence-electron chi connectivity index (χ1n) is 5.06. The molecule has 3 unspecified atom stereocenters. The van der Waals surface area contributed by atoms with E-state index < -0.39 is 0 Å². The van der Waals surface area contributed by atoms with Crippen LogP contribution < -0.4 is 5.32 Å². The van der Waals surface area contributed by atoms with Crippen LogP contribution in [0, 0.1) is 18.3 Å². The van der Waals surface area contributed by atoms with Gasteiger partial charge in [-0.2, -0.15) is 0 Å². The molecule has 0 aliphatic carbocycles. The van der Waals surface area contributed by atoms with Gasteiger partial charge in [0.2, 0.25) is 0 Å². The summed E-state index contributed by atoms with van der Waals surface area (Å²) in [6.07, 6.45) is 7.69. The minimum Gasteiger partial charge on any atom is -0.378 e. The summed E-state index contributed by atoms with van der Waals surface area (Å²) in [5, 5.41) is 3.42. The third-order valence-corrected chi connectivity index (χ3v) is 2.60. The average Bonchev–Trinajstić information content (AvgIpc) is 2.51. The number of rotatable bonds is 4. The maximum atomic E-state index is 5.53. The van der Waals surface area contributed by atoms with Gasteiger partial charge in [-0.25, -0.2) is 0 Å². The number of hydrogen-bond acceptors (Lipinski definition) is 2. The minimum absolute atomic E-state index is 0.406. The smallest absolute Gasteiger partial charge is 0.0551 e. The van der Waals surface area contributed by atoms with Crippen molar-refractivity contribution in [2.24, 2.45) is 5.92 Å². The van der Waals surface area contributed by atoms with Gasteiger partial charge in [0.1, 0.15) is 0 Å². The van der Waals surface area contributed by atoms with Crippen LogP contribution in [-0.4, -0.2) is 25.3 Å². The average molecular weight is 181 g/mol. The van der Waals surface area contributed by atoms with Crippen molar-refractivity contribution in [1.29, 1.82) is 0 Å². The highest BCUT2D eigenvalue weighted by molar-refractivity contribution is 4.94. The van der Waals surface area contributed by atoms with E-state index in [-0.39, 0.29) is 0 Å². The van der Waals surface area contributed by atoms with Crippen molar-refractivity contribution in [3.8, 4) is 12.3 Å². The predicted molar refractivity (Wildman–Crippen MR) is 54.4 cm³/mol. The molecule has 1 rings (SSSR count). The van der Waals surface area contributed by atoms with Gasteiger partial charge in [0, 0.05) is 18.4 Å². The molecular weight excluding hydrogens is 162 g/mol. The molecule has 1 aliphatic rings. The lowest BCUT2D eigenvalue weighted by Gasteiger charge is -2.20. The van der Waals surface area contributed by atoms with Crippen LogP contribution in [0.5, 0.6) is 0 Å². The van der Waals surface area contributed by atoms with E-state index in [0.717, 1.165) is 26.0 Å². The van der Waals surface area contributed by atoms with E-state index in [1.165, 1.54) is 0 Å². The minimum atomic E-state index is 0.406. The molecule has 0 aromatic carbocycles. The maximum Gasteiger partial charge on any atom is 0.0551 e.